The molecule has 3 nitrogen and oxygen atoms in total. The standard InChI is InChI=1S/C15H21ClN2O/c16-14-8-4-3-7-13(14)11-17-15(19)12-18-9-5-1-2-6-10-18/h3-4,7-8H,1-2,5-6,9-12H2,(H,17,19). The van der Waals surface area contributed by atoms with Crippen LogP contribution < -0.4 is 5.32 Å². The molecule has 0 aromatic heterocycles. The highest BCUT2D eigenvalue weighted by Gasteiger charge is 2.12. The van der Waals surface area contributed by atoms with Gasteiger partial charge in [0.1, 0.15) is 0 Å². The Kier molecular flexibility index (Phi) is 5.67. The molecular formula is C15H21ClN2O. The van der Waals surface area contributed by atoms with Gasteiger partial charge in [-0.2, -0.15) is 0 Å². The topological polar surface area (TPSA) is 32.3 Å². The van der Waals surface area contributed by atoms with Gasteiger partial charge in [0, 0.05) is 11.6 Å². The molecule has 1 heterocycles. The number of nitrogens with one attached hydrogen (secondary N) is 1. The summed E-state index contributed by atoms with van der Waals surface area (Å²) in [6.45, 7) is 3.09. The van der Waals surface area contributed by atoms with Crippen LogP contribution in [0.25, 0.3) is 0 Å². The monoisotopic (exact) mass is 280 g/mol. The number of rotatable bonds is 4. The first-order valence-electron chi connectivity index (χ1n) is 6.98. The summed E-state index contributed by atoms with van der Waals surface area (Å²) < 4.78 is 0. The van der Waals surface area contributed by atoms with Crippen LogP contribution in [0.5, 0.6) is 0 Å². The number of benzene rings is 1. The minimum Gasteiger partial charge on any atom is -0.351 e. The fourth-order valence-electron chi connectivity index (χ4n) is 2.39. The van der Waals surface area contributed by atoms with Crippen molar-refractivity contribution < 1.29 is 4.79 Å². The number of nitrogens with zero attached hydrogens (tertiary/aromatic N) is 1. The maximum absolute atomic E-state index is 11.9. The Hall–Kier alpha value is -1.06. The molecule has 0 spiro atoms. The molecule has 0 radical (unpaired) electrons. The SMILES string of the molecule is O=C(CN1CCCCCC1)NCc1ccccc1Cl. The molecule has 2 rings (SSSR count). The number of carbonyl (C=O) groups is 1. The van der Waals surface area contributed by atoms with Gasteiger partial charge in [0.25, 0.3) is 0 Å². The lowest BCUT2D eigenvalue weighted by Gasteiger charge is -2.19. The highest BCUT2D eigenvalue weighted by atomic mass is 35.5. The molecule has 1 amide bonds. The largest absolute Gasteiger partial charge is 0.351 e. The van der Waals surface area contributed by atoms with Crippen LogP contribution in [0.3, 0.4) is 0 Å². The van der Waals surface area contributed by atoms with E-state index in [1.54, 1.807) is 0 Å². The van der Waals surface area contributed by atoms with E-state index < -0.39 is 0 Å². The van der Waals surface area contributed by atoms with E-state index in [4.69, 9.17) is 11.6 Å². The van der Waals surface area contributed by atoms with E-state index >= 15 is 0 Å². The molecular weight excluding hydrogens is 260 g/mol. The number of hydrogen-bond acceptors (Lipinski definition) is 2. The molecule has 1 saturated heterocycles. The van der Waals surface area contributed by atoms with Gasteiger partial charge >= 0.3 is 0 Å². The van der Waals surface area contributed by atoms with Crippen molar-refractivity contribution in [2.45, 2.75) is 32.2 Å². The average Bonchev–Trinajstić information content (AvgIpc) is 2.66. The first kappa shape index (κ1) is 14.4. The first-order valence-corrected chi connectivity index (χ1v) is 7.36. The van der Waals surface area contributed by atoms with Crippen molar-refractivity contribution in [1.29, 1.82) is 0 Å². The summed E-state index contributed by atoms with van der Waals surface area (Å²) in [5.74, 6) is 0.0850. The summed E-state index contributed by atoms with van der Waals surface area (Å²) in [5.41, 5.74) is 0.966. The lowest BCUT2D eigenvalue weighted by molar-refractivity contribution is -0.122. The van der Waals surface area contributed by atoms with Gasteiger partial charge in [-0.3, -0.25) is 9.69 Å². The fraction of sp³-hybridized carbons (Fsp3) is 0.533. The Balaban J connectivity index is 1.76. The lowest BCUT2D eigenvalue weighted by Crippen LogP contribution is -2.37. The van der Waals surface area contributed by atoms with Crippen LogP contribution in [0.1, 0.15) is 31.2 Å². The van der Waals surface area contributed by atoms with Gasteiger partial charge in [0.2, 0.25) is 5.91 Å². The Morgan fingerprint density at radius 2 is 1.84 bits per heavy atom. The minimum absolute atomic E-state index is 0.0850. The molecule has 1 N–H and O–H groups in total. The molecule has 0 bridgehead atoms. The van der Waals surface area contributed by atoms with Crippen LogP contribution in [0.2, 0.25) is 5.02 Å². The van der Waals surface area contributed by atoms with Crippen molar-refractivity contribution in [3.8, 4) is 0 Å². The summed E-state index contributed by atoms with van der Waals surface area (Å²) in [7, 11) is 0. The van der Waals surface area contributed by atoms with Crippen molar-refractivity contribution in [3.63, 3.8) is 0 Å². The summed E-state index contributed by atoms with van der Waals surface area (Å²) in [5, 5.41) is 3.65. The van der Waals surface area contributed by atoms with Gasteiger partial charge in [-0.05, 0) is 37.6 Å². The molecule has 1 fully saturated rings. The Bertz CT molecular complexity index is 414. The highest BCUT2D eigenvalue weighted by Crippen LogP contribution is 2.14. The Labute approximate surface area is 119 Å². The normalized spacial score (nSPS) is 16.9. The van der Waals surface area contributed by atoms with Crippen LogP contribution in [0.4, 0.5) is 0 Å². The van der Waals surface area contributed by atoms with Crippen molar-refractivity contribution in [2.75, 3.05) is 19.6 Å². The van der Waals surface area contributed by atoms with Gasteiger partial charge < -0.3 is 5.32 Å². The zero-order valence-corrected chi connectivity index (χ0v) is 12.0. The van der Waals surface area contributed by atoms with Gasteiger partial charge in [0.15, 0.2) is 0 Å². The van der Waals surface area contributed by atoms with Gasteiger partial charge in [-0.15, -0.1) is 0 Å². The molecule has 1 aromatic rings. The van der Waals surface area contributed by atoms with Crippen LogP contribution in [0.15, 0.2) is 24.3 Å². The predicted octanol–water partition coefficient (Wildman–Crippen LogP) is 2.83. The molecule has 1 aliphatic heterocycles. The maximum Gasteiger partial charge on any atom is 0.234 e. The van der Waals surface area contributed by atoms with E-state index in [1.165, 1.54) is 25.7 Å². The predicted molar refractivity (Wildman–Crippen MR) is 78.2 cm³/mol. The van der Waals surface area contributed by atoms with Gasteiger partial charge in [-0.25, -0.2) is 0 Å². The number of amides is 1. The van der Waals surface area contributed by atoms with E-state index in [9.17, 15) is 4.79 Å². The third kappa shape index (κ3) is 4.84. The molecule has 0 atom stereocenters. The van der Waals surface area contributed by atoms with Crippen molar-refractivity contribution >= 4 is 17.5 Å². The molecule has 0 unspecified atom stereocenters. The van der Waals surface area contributed by atoms with E-state index in [-0.39, 0.29) is 5.91 Å². The lowest BCUT2D eigenvalue weighted by atomic mass is 10.2. The summed E-state index contributed by atoms with van der Waals surface area (Å²) in [6, 6.07) is 7.61. The Morgan fingerprint density at radius 1 is 1.16 bits per heavy atom. The number of likely N-dealkylation sites (tertiary alicyclic amines) is 1. The molecule has 19 heavy (non-hydrogen) atoms. The van der Waals surface area contributed by atoms with E-state index in [1.807, 2.05) is 24.3 Å². The maximum atomic E-state index is 11.9. The average molecular weight is 281 g/mol. The smallest absolute Gasteiger partial charge is 0.234 e. The van der Waals surface area contributed by atoms with Crippen molar-refractivity contribution in [1.82, 2.24) is 10.2 Å². The molecule has 0 aliphatic carbocycles. The van der Waals surface area contributed by atoms with Crippen LogP contribution in [-0.4, -0.2) is 30.4 Å². The van der Waals surface area contributed by atoms with Gasteiger partial charge in [0.05, 0.1) is 6.54 Å². The summed E-state index contributed by atoms with van der Waals surface area (Å²) in [4.78, 5) is 14.2. The van der Waals surface area contributed by atoms with Crippen LogP contribution in [-0.2, 0) is 11.3 Å². The summed E-state index contributed by atoms with van der Waals surface area (Å²) >= 11 is 6.06. The van der Waals surface area contributed by atoms with Gasteiger partial charge in [-0.1, -0.05) is 42.6 Å². The highest BCUT2D eigenvalue weighted by molar-refractivity contribution is 6.31. The summed E-state index contributed by atoms with van der Waals surface area (Å²) in [6.07, 6.45) is 4.99. The number of hydrogen-bond donors (Lipinski definition) is 1. The zero-order chi connectivity index (χ0) is 13.5. The first-order chi connectivity index (χ1) is 9.25. The molecule has 4 heteroatoms. The fourth-order valence-corrected chi connectivity index (χ4v) is 2.59. The molecule has 1 aromatic carbocycles. The third-order valence-corrected chi connectivity index (χ3v) is 3.87. The minimum atomic E-state index is 0.0850. The Morgan fingerprint density at radius 3 is 2.53 bits per heavy atom. The van der Waals surface area contributed by atoms with E-state index in [2.05, 4.69) is 10.2 Å². The quantitative estimate of drug-likeness (QED) is 0.920. The second-order valence-corrected chi connectivity index (χ2v) is 5.47. The molecule has 104 valence electrons. The van der Waals surface area contributed by atoms with Crippen molar-refractivity contribution in [2.24, 2.45) is 0 Å². The second-order valence-electron chi connectivity index (χ2n) is 5.06. The van der Waals surface area contributed by atoms with Crippen LogP contribution in [0, 0.1) is 0 Å². The zero-order valence-electron chi connectivity index (χ0n) is 11.2. The molecule has 0 saturated carbocycles. The van der Waals surface area contributed by atoms with E-state index in [0.717, 1.165) is 18.7 Å². The number of halogens is 1. The third-order valence-electron chi connectivity index (χ3n) is 3.50. The van der Waals surface area contributed by atoms with Crippen LogP contribution >= 0.6 is 11.6 Å². The second kappa shape index (κ2) is 7.51. The molecule has 1 aliphatic rings. The number of carbonyl (C=O) groups excluding carboxylic acids is 1. The van der Waals surface area contributed by atoms with E-state index in [0.29, 0.717) is 18.1 Å². The van der Waals surface area contributed by atoms with Crippen molar-refractivity contribution in [3.05, 3.63) is 34.9 Å².